The summed E-state index contributed by atoms with van der Waals surface area (Å²) in [6, 6.07) is 44.8. The van der Waals surface area contributed by atoms with Gasteiger partial charge in [-0.2, -0.15) is 0 Å². The third kappa shape index (κ3) is 5.98. The first-order valence-electron chi connectivity index (χ1n) is 13.5. The van der Waals surface area contributed by atoms with E-state index in [2.05, 4.69) is 111 Å². The molecule has 0 heterocycles. The summed E-state index contributed by atoms with van der Waals surface area (Å²) in [4.78, 5) is 2.33. The van der Waals surface area contributed by atoms with Gasteiger partial charge in [0.05, 0.1) is 0 Å². The van der Waals surface area contributed by atoms with Gasteiger partial charge in [-0.05, 0) is 96.6 Å². The second-order valence-corrected chi connectivity index (χ2v) is 9.94. The van der Waals surface area contributed by atoms with Crippen molar-refractivity contribution in [3.63, 3.8) is 0 Å². The second kappa shape index (κ2) is 11.8. The molecule has 0 aliphatic heterocycles. The standard InChI is InChI=1S/C36H35NO/c1-4-8-28(3)29-13-21-33(22-14-29)37(32-19-11-27(2)12-20-32)34-23-15-30(16-24-34)31-17-25-36(26-18-31)38-35-9-6-5-7-10-35/h5-7,9-26,28H,4,8H2,1-3H3. The summed E-state index contributed by atoms with van der Waals surface area (Å²) in [5, 5.41) is 0. The molecule has 2 heteroatoms. The lowest BCUT2D eigenvalue weighted by Gasteiger charge is -2.26. The van der Waals surface area contributed by atoms with Crippen molar-refractivity contribution >= 4 is 17.1 Å². The fraction of sp³-hybridized carbons (Fsp3) is 0.167. The van der Waals surface area contributed by atoms with Crippen LogP contribution in [0.4, 0.5) is 17.1 Å². The third-order valence-electron chi connectivity index (χ3n) is 7.03. The largest absolute Gasteiger partial charge is 0.457 e. The summed E-state index contributed by atoms with van der Waals surface area (Å²) in [6.07, 6.45) is 2.41. The summed E-state index contributed by atoms with van der Waals surface area (Å²) in [5.74, 6) is 2.25. The maximum absolute atomic E-state index is 5.96. The Morgan fingerprint density at radius 2 is 1.05 bits per heavy atom. The first-order valence-corrected chi connectivity index (χ1v) is 13.5. The molecule has 0 radical (unpaired) electrons. The molecule has 5 rings (SSSR count). The topological polar surface area (TPSA) is 12.5 Å². The molecule has 2 nitrogen and oxygen atoms in total. The first kappa shape index (κ1) is 25.4. The summed E-state index contributed by atoms with van der Waals surface area (Å²) >= 11 is 0. The van der Waals surface area contributed by atoms with E-state index < -0.39 is 0 Å². The minimum absolute atomic E-state index is 0.575. The molecule has 1 unspecified atom stereocenters. The van der Waals surface area contributed by atoms with Crippen molar-refractivity contribution < 1.29 is 4.74 Å². The van der Waals surface area contributed by atoms with Crippen LogP contribution < -0.4 is 9.64 Å². The zero-order valence-corrected chi connectivity index (χ0v) is 22.5. The Morgan fingerprint density at radius 3 is 1.61 bits per heavy atom. The van der Waals surface area contributed by atoms with Crippen molar-refractivity contribution in [1.82, 2.24) is 0 Å². The van der Waals surface area contributed by atoms with Crippen molar-refractivity contribution in [2.75, 3.05) is 4.90 Å². The molecule has 0 aromatic heterocycles. The van der Waals surface area contributed by atoms with E-state index in [4.69, 9.17) is 4.74 Å². The Hall–Kier alpha value is -4.30. The minimum atomic E-state index is 0.575. The lowest BCUT2D eigenvalue weighted by atomic mass is 9.96. The van der Waals surface area contributed by atoms with E-state index in [1.54, 1.807) is 0 Å². The van der Waals surface area contributed by atoms with Crippen LogP contribution in [0.2, 0.25) is 0 Å². The Balaban J connectivity index is 1.40. The zero-order chi connectivity index (χ0) is 26.3. The molecule has 0 aliphatic carbocycles. The molecule has 0 spiro atoms. The van der Waals surface area contributed by atoms with Crippen LogP contribution >= 0.6 is 0 Å². The zero-order valence-electron chi connectivity index (χ0n) is 22.5. The number of hydrogen-bond donors (Lipinski definition) is 0. The second-order valence-electron chi connectivity index (χ2n) is 9.94. The van der Waals surface area contributed by atoms with Crippen LogP contribution in [0, 0.1) is 6.92 Å². The Labute approximate surface area is 227 Å². The maximum Gasteiger partial charge on any atom is 0.127 e. The molecule has 0 saturated carbocycles. The van der Waals surface area contributed by atoms with Gasteiger partial charge in [0, 0.05) is 17.1 Å². The molecule has 0 aliphatic rings. The molecule has 190 valence electrons. The van der Waals surface area contributed by atoms with E-state index in [-0.39, 0.29) is 0 Å². The monoisotopic (exact) mass is 497 g/mol. The highest BCUT2D eigenvalue weighted by Crippen LogP contribution is 2.37. The lowest BCUT2D eigenvalue weighted by molar-refractivity contribution is 0.483. The third-order valence-corrected chi connectivity index (χ3v) is 7.03. The molecule has 0 N–H and O–H groups in total. The fourth-order valence-electron chi connectivity index (χ4n) is 4.84. The molecule has 5 aromatic carbocycles. The number of benzene rings is 5. The molecule has 1 atom stereocenters. The van der Waals surface area contributed by atoms with Crippen LogP contribution in [-0.2, 0) is 0 Å². The Kier molecular flexibility index (Phi) is 7.89. The van der Waals surface area contributed by atoms with Crippen molar-refractivity contribution in [2.24, 2.45) is 0 Å². The number of nitrogens with zero attached hydrogens (tertiary/aromatic N) is 1. The normalized spacial score (nSPS) is 11.7. The molecule has 5 aromatic rings. The average Bonchev–Trinajstić information content (AvgIpc) is 2.96. The highest BCUT2D eigenvalue weighted by atomic mass is 16.5. The predicted molar refractivity (Wildman–Crippen MR) is 161 cm³/mol. The molecular formula is C36H35NO. The van der Waals surface area contributed by atoms with Gasteiger partial charge in [-0.3, -0.25) is 0 Å². The number of aryl methyl sites for hydroxylation is 1. The molecule has 0 saturated heterocycles. The lowest BCUT2D eigenvalue weighted by Crippen LogP contribution is -2.10. The first-order chi connectivity index (χ1) is 18.6. The smallest absolute Gasteiger partial charge is 0.127 e. The van der Waals surface area contributed by atoms with E-state index in [0.717, 1.165) is 34.1 Å². The quantitative estimate of drug-likeness (QED) is 0.201. The van der Waals surface area contributed by atoms with Crippen molar-refractivity contribution in [1.29, 1.82) is 0 Å². The van der Waals surface area contributed by atoms with Crippen LogP contribution in [-0.4, -0.2) is 0 Å². The van der Waals surface area contributed by atoms with Crippen LogP contribution in [0.1, 0.15) is 43.7 Å². The van der Waals surface area contributed by atoms with E-state index in [9.17, 15) is 0 Å². The summed E-state index contributed by atoms with van der Waals surface area (Å²) in [7, 11) is 0. The van der Waals surface area contributed by atoms with E-state index in [0.29, 0.717) is 5.92 Å². The van der Waals surface area contributed by atoms with Gasteiger partial charge in [0.15, 0.2) is 0 Å². The maximum atomic E-state index is 5.96. The average molecular weight is 498 g/mol. The summed E-state index contributed by atoms with van der Waals surface area (Å²) < 4.78 is 5.96. The van der Waals surface area contributed by atoms with E-state index in [1.807, 2.05) is 42.5 Å². The van der Waals surface area contributed by atoms with Gasteiger partial charge >= 0.3 is 0 Å². The summed E-state index contributed by atoms with van der Waals surface area (Å²) in [5.41, 5.74) is 8.44. The van der Waals surface area contributed by atoms with Gasteiger partial charge in [-0.25, -0.2) is 0 Å². The van der Waals surface area contributed by atoms with Gasteiger partial charge < -0.3 is 9.64 Å². The van der Waals surface area contributed by atoms with Gasteiger partial charge in [0.25, 0.3) is 0 Å². The van der Waals surface area contributed by atoms with E-state index >= 15 is 0 Å². The highest BCUT2D eigenvalue weighted by Gasteiger charge is 2.14. The summed E-state index contributed by atoms with van der Waals surface area (Å²) in [6.45, 7) is 6.69. The highest BCUT2D eigenvalue weighted by molar-refractivity contribution is 5.78. The van der Waals surface area contributed by atoms with Gasteiger partial charge in [0.2, 0.25) is 0 Å². The van der Waals surface area contributed by atoms with Gasteiger partial charge in [0.1, 0.15) is 11.5 Å². The Bertz CT molecular complexity index is 1420. The molecular weight excluding hydrogens is 462 g/mol. The van der Waals surface area contributed by atoms with Crippen molar-refractivity contribution in [3.8, 4) is 22.6 Å². The van der Waals surface area contributed by atoms with Crippen LogP contribution in [0.3, 0.4) is 0 Å². The van der Waals surface area contributed by atoms with E-state index in [1.165, 1.54) is 29.5 Å². The minimum Gasteiger partial charge on any atom is -0.457 e. The number of hydrogen-bond acceptors (Lipinski definition) is 2. The van der Waals surface area contributed by atoms with Crippen LogP contribution in [0.5, 0.6) is 11.5 Å². The number of anilines is 3. The van der Waals surface area contributed by atoms with Crippen LogP contribution in [0.15, 0.2) is 127 Å². The van der Waals surface area contributed by atoms with Crippen molar-refractivity contribution in [2.45, 2.75) is 39.5 Å². The molecule has 38 heavy (non-hydrogen) atoms. The molecule has 0 bridgehead atoms. The number of rotatable bonds is 9. The number of para-hydroxylation sites is 1. The Morgan fingerprint density at radius 1 is 0.579 bits per heavy atom. The number of ether oxygens (including phenoxy) is 1. The molecule has 0 amide bonds. The SMILES string of the molecule is CCCC(C)c1ccc(N(c2ccc(C)cc2)c2ccc(-c3ccc(Oc4ccccc4)cc3)cc2)cc1. The van der Waals surface area contributed by atoms with Crippen molar-refractivity contribution in [3.05, 3.63) is 139 Å². The van der Waals surface area contributed by atoms with Crippen LogP contribution in [0.25, 0.3) is 11.1 Å². The predicted octanol–water partition coefficient (Wildman–Crippen LogP) is 10.8. The van der Waals surface area contributed by atoms with Gasteiger partial charge in [-0.15, -0.1) is 0 Å². The molecule has 0 fully saturated rings. The van der Waals surface area contributed by atoms with Gasteiger partial charge in [-0.1, -0.05) is 92.6 Å². The fourth-order valence-corrected chi connectivity index (χ4v) is 4.84.